The van der Waals surface area contributed by atoms with Crippen molar-refractivity contribution in [2.45, 2.75) is 40.0 Å². The Kier molecular flexibility index (Phi) is 8.65. The maximum absolute atomic E-state index is 13.3. The fraction of sp³-hybridized carbons (Fsp3) is 0.267. The predicted octanol–water partition coefficient (Wildman–Crippen LogP) is 8.14. The number of rotatable bonds is 9. The Labute approximate surface area is 232 Å². The fourth-order valence-electron chi connectivity index (χ4n) is 4.31. The number of benzene rings is 3. The minimum Gasteiger partial charge on any atom is -0.466 e. The summed E-state index contributed by atoms with van der Waals surface area (Å²) in [5.74, 6) is 0.373. The van der Waals surface area contributed by atoms with E-state index in [1.54, 1.807) is 44.2 Å². The average Bonchev–Trinajstić information content (AvgIpc) is 3.19. The smallest absolute Gasteiger partial charge is 0.340 e. The van der Waals surface area contributed by atoms with E-state index in [0.717, 1.165) is 11.2 Å². The molecular weight excluding hydrogens is 525 g/mol. The fourth-order valence-corrected chi connectivity index (χ4v) is 4.60. The van der Waals surface area contributed by atoms with Gasteiger partial charge in [0.1, 0.15) is 11.5 Å². The molecule has 0 aliphatic carbocycles. The lowest BCUT2D eigenvalue weighted by atomic mass is 10.0. The molecule has 4 aromatic rings. The summed E-state index contributed by atoms with van der Waals surface area (Å²) in [5.41, 5.74) is 3.50. The van der Waals surface area contributed by atoms with Gasteiger partial charge in [0, 0.05) is 22.8 Å². The number of hydrogen-bond donors (Lipinski definition) is 0. The van der Waals surface area contributed by atoms with Crippen LogP contribution in [-0.4, -0.2) is 29.7 Å². The van der Waals surface area contributed by atoms with E-state index in [4.69, 9.17) is 37.4 Å². The third kappa shape index (κ3) is 5.82. The lowest BCUT2D eigenvalue weighted by Crippen LogP contribution is -2.15. The van der Waals surface area contributed by atoms with Gasteiger partial charge in [-0.05, 0) is 67.8 Å². The van der Waals surface area contributed by atoms with Crippen molar-refractivity contribution in [2.24, 2.45) is 0 Å². The molecule has 0 bridgehead atoms. The van der Waals surface area contributed by atoms with Crippen molar-refractivity contribution in [2.75, 3.05) is 13.2 Å². The first-order valence-corrected chi connectivity index (χ1v) is 13.2. The summed E-state index contributed by atoms with van der Waals surface area (Å²) in [6.07, 6.45) is -0.106. The van der Waals surface area contributed by atoms with E-state index in [1.807, 2.05) is 34.9 Å². The first-order valence-electron chi connectivity index (χ1n) is 12.5. The molecule has 0 saturated heterocycles. The highest BCUT2D eigenvalue weighted by atomic mass is 35.5. The van der Waals surface area contributed by atoms with Gasteiger partial charge in [-0.15, -0.1) is 0 Å². The van der Waals surface area contributed by atoms with E-state index < -0.39 is 11.9 Å². The molecule has 0 radical (unpaired) electrons. The molecule has 0 fully saturated rings. The van der Waals surface area contributed by atoms with Crippen molar-refractivity contribution >= 4 is 46.0 Å². The van der Waals surface area contributed by atoms with Gasteiger partial charge in [0.05, 0.1) is 40.8 Å². The van der Waals surface area contributed by atoms with Crippen molar-refractivity contribution in [1.82, 2.24) is 4.57 Å². The van der Waals surface area contributed by atoms with Crippen molar-refractivity contribution in [3.8, 4) is 17.2 Å². The molecular formula is C30H29Cl2NO5. The normalized spacial score (nSPS) is 11.1. The van der Waals surface area contributed by atoms with Gasteiger partial charge in [0.2, 0.25) is 0 Å². The predicted molar refractivity (Wildman–Crippen MR) is 150 cm³/mol. The van der Waals surface area contributed by atoms with Crippen LogP contribution < -0.4 is 4.74 Å². The molecule has 0 spiro atoms. The molecule has 38 heavy (non-hydrogen) atoms. The van der Waals surface area contributed by atoms with E-state index >= 15 is 0 Å². The minimum absolute atomic E-state index is 0.106. The average molecular weight is 554 g/mol. The molecule has 0 aliphatic heterocycles. The first kappa shape index (κ1) is 27.6. The van der Waals surface area contributed by atoms with Gasteiger partial charge in [-0.1, -0.05) is 49.2 Å². The molecule has 0 atom stereocenters. The molecule has 0 N–H and O–H groups in total. The number of aromatic nitrogens is 1. The molecule has 1 aromatic heterocycles. The van der Waals surface area contributed by atoms with Gasteiger partial charge in [0.15, 0.2) is 0 Å². The molecule has 0 saturated carbocycles. The maximum Gasteiger partial charge on any atom is 0.340 e. The minimum atomic E-state index is -0.527. The van der Waals surface area contributed by atoms with Gasteiger partial charge in [-0.2, -0.15) is 0 Å². The molecule has 198 valence electrons. The lowest BCUT2D eigenvalue weighted by Gasteiger charge is -2.14. The van der Waals surface area contributed by atoms with Crippen LogP contribution in [0.2, 0.25) is 10.0 Å². The van der Waals surface area contributed by atoms with Crippen LogP contribution in [0.25, 0.3) is 16.6 Å². The van der Waals surface area contributed by atoms with Crippen LogP contribution in [0.1, 0.15) is 55.2 Å². The first-order chi connectivity index (χ1) is 18.2. The zero-order chi connectivity index (χ0) is 27.4. The number of carbonyl (C=O) groups is 2. The lowest BCUT2D eigenvalue weighted by molar-refractivity contribution is -0.142. The monoisotopic (exact) mass is 553 g/mol. The molecule has 0 amide bonds. The number of carbonyl (C=O) groups excluding carboxylic acids is 2. The van der Waals surface area contributed by atoms with Crippen molar-refractivity contribution in [1.29, 1.82) is 0 Å². The number of esters is 2. The van der Waals surface area contributed by atoms with E-state index in [9.17, 15) is 9.59 Å². The van der Waals surface area contributed by atoms with Crippen LogP contribution in [0, 0.1) is 0 Å². The van der Waals surface area contributed by atoms with Crippen molar-refractivity contribution < 1.29 is 23.8 Å². The van der Waals surface area contributed by atoms with Crippen LogP contribution in [0.15, 0.2) is 60.7 Å². The standard InChI is InChI=1S/C30H29Cl2NO5/c1-5-36-28(34)17-27-29(30(35)37-6-2)23-15-21(38-22-11-13-24(31)25(32)16-22)12-14-26(23)33(27)20-9-7-19(8-10-20)18(3)4/h7-16,18H,5-6,17H2,1-4H3. The Morgan fingerprint density at radius 3 is 2.13 bits per heavy atom. The number of halogens is 2. The van der Waals surface area contributed by atoms with Crippen LogP contribution in [-0.2, 0) is 20.7 Å². The van der Waals surface area contributed by atoms with Crippen LogP contribution in [0.4, 0.5) is 0 Å². The Morgan fingerprint density at radius 2 is 1.50 bits per heavy atom. The Balaban J connectivity index is 1.93. The van der Waals surface area contributed by atoms with E-state index in [-0.39, 0.29) is 19.6 Å². The zero-order valence-corrected chi connectivity index (χ0v) is 23.2. The van der Waals surface area contributed by atoms with E-state index in [2.05, 4.69) is 13.8 Å². The highest BCUT2D eigenvalue weighted by Gasteiger charge is 2.27. The molecule has 6 nitrogen and oxygen atoms in total. The Morgan fingerprint density at radius 1 is 0.842 bits per heavy atom. The van der Waals surface area contributed by atoms with Gasteiger partial charge >= 0.3 is 11.9 Å². The van der Waals surface area contributed by atoms with Crippen LogP contribution >= 0.6 is 23.2 Å². The molecule has 1 heterocycles. The highest BCUT2D eigenvalue weighted by molar-refractivity contribution is 6.42. The molecule has 8 heteroatoms. The maximum atomic E-state index is 13.3. The van der Waals surface area contributed by atoms with E-state index in [0.29, 0.717) is 44.1 Å². The Bertz CT molecular complexity index is 1470. The van der Waals surface area contributed by atoms with Gasteiger partial charge < -0.3 is 18.8 Å². The quantitative estimate of drug-likeness (QED) is 0.196. The van der Waals surface area contributed by atoms with Gasteiger partial charge in [0.25, 0.3) is 0 Å². The number of ether oxygens (including phenoxy) is 3. The van der Waals surface area contributed by atoms with Crippen molar-refractivity contribution in [3.05, 3.63) is 87.5 Å². The van der Waals surface area contributed by atoms with Crippen LogP contribution in [0.3, 0.4) is 0 Å². The third-order valence-corrected chi connectivity index (χ3v) is 6.82. The van der Waals surface area contributed by atoms with Gasteiger partial charge in [-0.25, -0.2) is 4.79 Å². The molecule has 0 aliphatic rings. The summed E-state index contributed by atoms with van der Waals surface area (Å²) in [7, 11) is 0. The molecule has 3 aromatic carbocycles. The number of fused-ring (bicyclic) bond motifs is 1. The highest BCUT2D eigenvalue weighted by Crippen LogP contribution is 2.36. The largest absolute Gasteiger partial charge is 0.466 e. The summed E-state index contributed by atoms with van der Waals surface area (Å²) in [6.45, 7) is 8.16. The zero-order valence-electron chi connectivity index (χ0n) is 21.7. The molecule has 4 rings (SSSR count). The topological polar surface area (TPSA) is 66.8 Å². The summed E-state index contributed by atoms with van der Waals surface area (Å²) in [4.78, 5) is 26.0. The summed E-state index contributed by atoms with van der Waals surface area (Å²) in [6, 6.07) is 18.5. The number of hydrogen-bond acceptors (Lipinski definition) is 5. The second-order valence-corrected chi connectivity index (χ2v) is 9.78. The summed E-state index contributed by atoms with van der Waals surface area (Å²) in [5, 5.41) is 1.38. The van der Waals surface area contributed by atoms with Gasteiger partial charge in [-0.3, -0.25) is 4.79 Å². The van der Waals surface area contributed by atoms with E-state index in [1.165, 1.54) is 5.56 Å². The summed E-state index contributed by atoms with van der Waals surface area (Å²) < 4.78 is 18.6. The summed E-state index contributed by atoms with van der Waals surface area (Å²) >= 11 is 12.2. The second-order valence-electron chi connectivity index (χ2n) is 8.96. The third-order valence-electron chi connectivity index (χ3n) is 6.08. The number of nitrogens with zero attached hydrogens (tertiary/aromatic N) is 1. The second kappa shape index (κ2) is 11.9. The Hall–Kier alpha value is -3.48. The molecule has 0 unspecified atom stereocenters. The SMILES string of the molecule is CCOC(=O)Cc1c(C(=O)OCC)c2cc(Oc3ccc(Cl)c(Cl)c3)ccc2n1-c1ccc(C(C)C)cc1. The van der Waals surface area contributed by atoms with Crippen molar-refractivity contribution in [3.63, 3.8) is 0 Å². The van der Waals surface area contributed by atoms with Crippen LogP contribution in [0.5, 0.6) is 11.5 Å².